The van der Waals surface area contributed by atoms with Gasteiger partial charge in [0.25, 0.3) is 0 Å². The number of amides is 1. The standard InChI is InChI=1S/C14H18ClN5OS2/c1-2-19(7-10-5-6-11(15)23-10)12(21)8-22-14-18-17-13(20(14)16)9-3-4-9/h5-6,9H,2-4,7-8,16H2,1H3. The first-order chi connectivity index (χ1) is 11.1. The van der Waals surface area contributed by atoms with Crippen LogP contribution >= 0.6 is 34.7 Å². The maximum atomic E-state index is 12.4. The largest absolute Gasteiger partial charge is 0.337 e. The van der Waals surface area contributed by atoms with Gasteiger partial charge in [0.1, 0.15) is 0 Å². The Morgan fingerprint density at radius 1 is 1.52 bits per heavy atom. The minimum atomic E-state index is 0.0537. The van der Waals surface area contributed by atoms with Crippen LogP contribution in [0.25, 0.3) is 0 Å². The molecule has 0 saturated heterocycles. The molecule has 0 unspecified atom stereocenters. The number of carbonyl (C=O) groups is 1. The van der Waals surface area contributed by atoms with Gasteiger partial charge in [-0.3, -0.25) is 4.79 Å². The molecular weight excluding hydrogens is 354 g/mol. The molecule has 0 radical (unpaired) electrons. The smallest absolute Gasteiger partial charge is 0.233 e. The van der Waals surface area contributed by atoms with E-state index in [1.165, 1.54) is 27.8 Å². The maximum Gasteiger partial charge on any atom is 0.233 e. The first-order valence-corrected chi connectivity index (χ1v) is 9.61. The summed E-state index contributed by atoms with van der Waals surface area (Å²) in [5, 5.41) is 8.80. The van der Waals surface area contributed by atoms with E-state index in [9.17, 15) is 4.79 Å². The lowest BCUT2D eigenvalue weighted by Crippen LogP contribution is -2.31. The van der Waals surface area contributed by atoms with Crippen LogP contribution in [0.1, 0.15) is 36.4 Å². The van der Waals surface area contributed by atoms with Gasteiger partial charge in [-0.15, -0.1) is 21.5 Å². The molecule has 6 nitrogen and oxygen atoms in total. The molecule has 0 spiro atoms. The summed E-state index contributed by atoms with van der Waals surface area (Å²) < 4.78 is 2.26. The highest BCUT2D eigenvalue weighted by atomic mass is 35.5. The molecule has 0 aromatic carbocycles. The van der Waals surface area contributed by atoms with Gasteiger partial charge in [-0.1, -0.05) is 23.4 Å². The predicted octanol–water partition coefficient (Wildman–Crippen LogP) is 2.72. The van der Waals surface area contributed by atoms with Crippen LogP contribution in [0.5, 0.6) is 0 Å². The van der Waals surface area contributed by atoms with Crippen molar-refractivity contribution >= 4 is 40.6 Å². The topological polar surface area (TPSA) is 77.0 Å². The van der Waals surface area contributed by atoms with Crippen molar-refractivity contribution in [1.82, 2.24) is 19.8 Å². The van der Waals surface area contributed by atoms with E-state index in [1.54, 1.807) is 4.90 Å². The molecule has 2 aromatic rings. The molecule has 124 valence electrons. The summed E-state index contributed by atoms with van der Waals surface area (Å²) in [5.74, 6) is 7.61. The number of nitrogens with zero attached hydrogens (tertiary/aromatic N) is 4. The monoisotopic (exact) mass is 371 g/mol. The first-order valence-electron chi connectivity index (χ1n) is 7.43. The molecule has 0 aliphatic heterocycles. The summed E-state index contributed by atoms with van der Waals surface area (Å²) in [7, 11) is 0. The van der Waals surface area contributed by atoms with Crippen LogP contribution in [0.15, 0.2) is 17.3 Å². The molecular formula is C14H18ClN5OS2. The van der Waals surface area contributed by atoms with Crippen LogP contribution in [0, 0.1) is 0 Å². The number of carbonyl (C=O) groups excluding carboxylic acids is 1. The van der Waals surface area contributed by atoms with Gasteiger partial charge in [0, 0.05) is 17.3 Å². The van der Waals surface area contributed by atoms with Crippen molar-refractivity contribution in [3.63, 3.8) is 0 Å². The average Bonchev–Trinajstić information content (AvgIpc) is 3.19. The third kappa shape index (κ3) is 3.99. The summed E-state index contributed by atoms with van der Waals surface area (Å²) in [4.78, 5) is 15.3. The van der Waals surface area contributed by atoms with Gasteiger partial charge < -0.3 is 10.7 Å². The highest BCUT2D eigenvalue weighted by Gasteiger charge is 2.30. The predicted molar refractivity (Wildman–Crippen MR) is 93.3 cm³/mol. The second kappa shape index (κ2) is 7.11. The van der Waals surface area contributed by atoms with Gasteiger partial charge in [-0.2, -0.15) is 0 Å². The second-order valence-corrected chi connectivity index (χ2v) is 8.13. The minimum Gasteiger partial charge on any atom is -0.337 e. The van der Waals surface area contributed by atoms with Crippen molar-refractivity contribution in [3.05, 3.63) is 27.2 Å². The lowest BCUT2D eigenvalue weighted by Gasteiger charge is -2.19. The lowest BCUT2D eigenvalue weighted by atomic mass is 10.4. The molecule has 1 saturated carbocycles. The summed E-state index contributed by atoms with van der Waals surface area (Å²) in [5.41, 5.74) is 0. The molecule has 2 aromatic heterocycles. The van der Waals surface area contributed by atoms with E-state index in [-0.39, 0.29) is 5.91 Å². The highest BCUT2D eigenvalue weighted by molar-refractivity contribution is 7.99. The maximum absolute atomic E-state index is 12.4. The highest BCUT2D eigenvalue weighted by Crippen LogP contribution is 2.39. The Bertz CT molecular complexity index is 697. The molecule has 0 bridgehead atoms. The molecule has 23 heavy (non-hydrogen) atoms. The Hall–Kier alpha value is -1.25. The molecule has 2 heterocycles. The van der Waals surface area contributed by atoms with E-state index in [0.717, 1.165) is 27.9 Å². The summed E-state index contributed by atoms with van der Waals surface area (Å²) in [6.07, 6.45) is 2.23. The van der Waals surface area contributed by atoms with E-state index in [2.05, 4.69) is 10.2 Å². The number of thiophene rings is 1. The SMILES string of the molecule is CCN(Cc1ccc(Cl)s1)C(=O)CSc1nnc(C2CC2)n1N. The zero-order valence-electron chi connectivity index (χ0n) is 12.7. The van der Waals surface area contributed by atoms with Gasteiger partial charge in [-0.25, -0.2) is 4.68 Å². The Morgan fingerprint density at radius 3 is 2.91 bits per heavy atom. The van der Waals surface area contributed by atoms with Crippen LogP contribution in [0.2, 0.25) is 4.34 Å². The van der Waals surface area contributed by atoms with E-state index < -0.39 is 0 Å². The van der Waals surface area contributed by atoms with Gasteiger partial charge >= 0.3 is 0 Å². The molecule has 0 atom stereocenters. The van der Waals surface area contributed by atoms with Gasteiger partial charge in [0.2, 0.25) is 11.1 Å². The van der Waals surface area contributed by atoms with Crippen molar-refractivity contribution in [3.8, 4) is 0 Å². The van der Waals surface area contributed by atoms with Crippen LogP contribution in [-0.2, 0) is 11.3 Å². The number of nitrogens with two attached hydrogens (primary N) is 1. The van der Waals surface area contributed by atoms with E-state index in [4.69, 9.17) is 17.4 Å². The van der Waals surface area contributed by atoms with Crippen molar-refractivity contribution in [2.45, 2.75) is 37.4 Å². The number of thioether (sulfide) groups is 1. The van der Waals surface area contributed by atoms with Crippen LogP contribution < -0.4 is 5.84 Å². The van der Waals surface area contributed by atoms with E-state index in [0.29, 0.717) is 29.9 Å². The Kier molecular flexibility index (Phi) is 5.13. The Balaban J connectivity index is 1.56. The van der Waals surface area contributed by atoms with Gasteiger partial charge in [0.05, 0.1) is 16.6 Å². The molecule has 2 N–H and O–H groups in total. The fraction of sp³-hybridized carbons (Fsp3) is 0.500. The van der Waals surface area contributed by atoms with Crippen molar-refractivity contribution in [1.29, 1.82) is 0 Å². The first kappa shape index (κ1) is 16.6. The summed E-state index contributed by atoms with van der Waals surface area (Å²) in [6, 6.07) is 3.80. The number of halogens is 1. The zero-order chi connectivity index (χ0) is 16.4. The third-order valence-electron chi connectivity index (χ3n) is 3.67. The summed E-state index contributed by atoms with van der Waals surface area (Å²) >= 11 is 8.77. The van der Waals surface area contributed by atoms with Crippen LogP contribution in [-0.4, -0.2) is 38.0 Å². The Morgan fingerprint density at radius 2 is 2.30 bits per heavy atom. The minimum absolute atomic E-state index is 0.0537. The number of aromatic nitrogens is 3. The summed E-state index contributed by atoms with van der Waals surface area (Å²) in [6.45, 7) is 3.20. The van der Waals surface area contributed by atoms with Gasteiger partial charge in [-0.05, 0) is 31.9 Å². The number of hydrogen-bond acceptors (Lipinski definition) is 6. The van der Waals surface area contributed by atoms with Crippen molar-refractivity contribution in [2.75, 3.05) is 18.1 Å². The normalized spacial score (nSPS) is 14.2. The third-order valence-corrected chi connectivity index (χ3v) is 5.81. The lowest BCUT2D eigenvalue weighted by molar-refractivity contribution is -0.128. The van der Waals surface area contributed by atoms with E-state index in [1.807, 2.05) is 19.1 Å². The zero-order valence-corrected chi connectivity index (χ0v) is 15.1. The fourth-order valence-corrected chi connectivity index (χ4v) is 4.10. The molecule has 9 heteroatoms. The van der Waals surface area contributed by atoms with E-state index >= 15 is 0 Å². The molecule has 1 fully saturated rings. The molecule has 1 aliphatic carbocycles. The van der Waals surface area contributed by atoms with Crippen molar-refractivity contribution < 1.29 is 4.79 Å². The average molecular weight is 372 g/mol. The Labute approximate surface area is 148 Å². The number of rotatable bonds is 7. The molecule has 1 aliphatic rings. The van der Waals surface area contributed by atoms with Crippen LogP contribution in [0.3, 0.4) is 0 Å². The number of hydrogen-bond donors (Lipinski definition) is 1. The molecule has 1 amide bonds. The second-order valence-electron chi connectivity index (χ2n) is 5.39. The number of nitrogen functional groups attached to an aromatic ring is 1. The van der Waals surface area contributed by atoms with Crippen LogP contribution in [0.4, 0.5) is 0 Å². The quantitative estimate of drug-likeness (QED) is 0.598. The fourth-order valence-electron chi connectivity index (χ4n) is 2.23. The molecule has 3 rings (SSSR count). The van der Waals surface area contributed by atoms with Gasteiger partial charge in [0.15, 0.2) is 5.82 Å². The van der Waals surface area contributed by atoms with Crippen molar-refractivity contribution in [2.24, 2.45) is 0 Å².